The van der Waals surface area contributed by atoms with Crippen LogP contribution >= 0.6 is 15.9 Å². The zero-order chi connectivity index (χ0) is 15.4. The van der Waals surface area contributed by atoms with Crippen LogP contribution in [0.1, 0.15) is 16.7 Å². The highest BCUT2D eigenvalue weighted by atomic mass is 79.9. The fraction of sp³-hybridized carbons (Fsp3) is 0.133. The minimum Gasteiger partial charge on any atom is -0.409 e. The van der Waals surface area contributed by atoms with Gasteiger partial charge >= 0.3 is 0 Å². The molecule has 0 aliphatic carbocycles. The van der Waals surface area contributed by atoms with E-state index in [0.717, 1.165) is 15.7 Å². The van der Waals surface area contributed by atoms with Gasteiger partial charge in [-0.1, -0.05) is 21.1 Å². The molecular weight excluding hydrogens is 337 g/mol. The van der Waals surface area contributed by atoms with Crippen molar-refractivity contribution >= 4 is 27.5 Å². The first kappa shape index (κ1) is 15.3. The molecule has 2 aromatic rings. The molecule has 0 spiro atoms. The van der Waals surface area contributed by atoms with Crippen LogP contribution in [0.2, 0.25) is 0 Å². The fourth-order valence-corrected chi connectivity index (χ4v) is 2.16. The van der Waals surface area contributed by atoms with Crippen LogP contribution in [-0.2, 0) is 6.54 Å². The molecule has 0 bridgehead atoms. The number of hydrogen-bond acceptors (Lipinski definition) is 3. The number of anilines is 1. The molecule has 0 saturated carbocycles. The lowest BCUT2D eigenvalue weighted by molar-refractivity contribution is 0.318. The average molecular weight is 352 g/mol. The summed E-state index contributed by atoms with van der Waals surface area (Å²) in [6.45, 7) is 2.43. The summed E-state index contributed by atoms with van der Waals surface area (Å²) < 4.78 is 14.6. The van der Waals surface area contributed by atoms with Crippen LogP contribution in [0, 0.1) is 12.7 Å². The zero-order valence-electron chi connectivity index (χ0n) is 11.4. The average Bonchev–Trinajstić information content (AvgIpc) is 2.47. The third-order valence-corrected chi connectivity index (χ3v) is 3.91. The van der Waals surface area contributed by atoms with Gasteiger partial charge in [-0.2, -0.15) is 0 Å². The summed E-state index contributed by atoms with van der Waals surface area (Å²) in [5.74, 6) is -0.543. The van der Waals surface area contributed by atoms with Crippen molar-refractivity contribution < 1.29 is 9.60 Å². The Morgan fingerprint density at radius 3 is 2.76 bits per heavy atom. The van der Waals surface area contributed by atoms with E-state index in [1.807, 2.05) is 25.1 Å². The van der Waals surface area contributed by atoms with Crippen LogP contribution in [0.15, 0.2) is 46.0 Å². The minimum atomic E-state index is -0.428. The van der Waals surface area contributed by atoms with Gasteiger partial charge in [-0.3, -0.25) is 0 Å². The van der Waals surface area contributed by atoms with Crippen molar-refractivity contribution in [2.75, 3.05) is 5.32 Å². The molecule has 0 aliphatic heterocycles. The molecule has 0 heterocycles. The van der Waals surface area contributed by atoms with Crippen molar-refractivity contribution in [1.82, 2.24) is 0 Å². The van der Waals surface area contributed by atoms with Crippen LogP contribution in [0.3, 0.4) is 0 Å². The molecule has 0 radical (unpaired) electrons. The third-order valence-electron chi connectivity index (χ3n) is 3.02. The first-order chi connectivity index (χ1) is 9.99. The molecule has 2 aromatic carbocycles. The molecule has 0 aliphatic rings. The number of rotatable bonds is 4. The monoisotopic (exact) mass is 351 g/mol. The molecule has 4 N–H and O–H groups in total. The van der Waals surface area contributed by atoms with E-state index in [0.29, 0.717) is 17.7 Å². The molecule has 0 unspecified atom stereocenters. The Balaban J connectivity index is 2.16. The van der Waals surface area contributed by atoms with Crippen LogP contribution < -0.4 is 11.1 Å². The highest BCUT2D eigenvalue weighted by Crippen LogP contribution is 2.20. The lowest BCUT2D eigenvalue weighted by Crippen LogP contribution is -2.14. The summed E-state index contributed by atoms with van der Waals surface area (Å²) in [6, 6.07) is 10.2. The number of hydrogen-bond donors (Lipinski definition) is 3. The Bertz CT molecular complexity index is 689. The number of halogens is 2. The van der Waals surface area contributed by atoms with Crippen LogP contribution in [0.25, 0.3) is 0 Å². The zero-order valence-corrected chi connectivity index (χ0v) is 13.0. The van der Waals surface area contributed by atoms with Gasteiger partial charge in [0.2, 0.25) is 0 Å². The first-order valence-electron chi connectivity index (χ1n) is 6.27. The van der Waals surface area contributed by atoms with E-state index in [1.165, 1.54) is 12.1 Å². The molecule has 2 rings (SSSR count). The molecular formula is C15H15BrFN3O. The van der Waals surface area contributed by atoms with E-state index >= 15 is 0 Å². The molecule has 0 fully saturated rings. The minimum absolute atomic E-state index is 0.116. The second kappa shape index (κ2) is 6.58. The van der Waals surface area contributed by atoms with Crippen molar-refractivity contribution in [3.8, 4) is 0 Å². The normalized spacial score (nSPS) is 11.5. The lowest BCUT2D eigenvalue weighted by Gasteiger charge is -2.10. The maximum Gasteiger partial charge on any atom is 0.170 e. The van der Waals surface area contributed by atoms with E-state index < -0.39 is 5.82 Å². The first-order valence-corrected chi connectivity index (χ1v) is 7.06. The highest BCUT2D eigenvalue weighted by Gasteiger charge is 2.05. The number of oxime groups is 1. The fourth-order valence-electron chi connectivity index (χ4n) is 1.92. The number of nitrogens with one attached hydrogen (secondary N) is 1. The van der Waals surface area contributed by atoms with E-state index in [-0.39, 0.29) is 5.84 Å². The van der Waals surface area contributed by atoms with Crippen molar-refractivity contribution in [2.24, 2.45) is 10.9 Å². The summed E-state index contributed by atoms with van der Waals surface area (Å²) in [4.78, 5) is 0. The summed E-state index contributed by atoms with van der Waals surface area (Å²) in [6.07, 6.45) is 0. The van der Waals surface area contributed by atoms with Gasteiger partial charge in [0.25, 0.3) is 0 Å². The summed E-state index contributed by atoms with van der Waals surface area (Å²) in [7, 11) is 0. The van der Waals surface area contributed by atoms with Gasteiger partial charge in [0.15, 0.2) is 5.84 Å². The molecule has 0 atom stereocenters. The summed E-state index contributed by atoms with van der Waals surface area (Å²) in [5.41, 5.74) is 8.58. The van der Waals surface area contributed by atoms with Crippen LogP contribution in [0.5, 0.6) is 0 Å². The van der Waals surface area contributed by atoms with E-state index in [4.69, 9.17) is 10.9 Å². The van der Waals surface area contributed by atoms with Crippen molar-refractivity contribution in [3.63, 3.8) is 0 Å². The second-order valence-electron chi connectivity index (χ2n) is 4.65. The smallest absolute Gasteiger partial charge is 0.170 e. The van der Waals surface area contributed by atoms with Crippen molar-refractivity contribution in [2.45, 2.75) is 13.5 Å². The van der Waals surface area contributed by atoms with E-state index in [2.05, 4.69) is 26.4 Å². The van der Waals surface area contributed by atoms with Gasteiger partial charge < -0.3 is 16.3 Å². The maximum absolute atomic E-state index is 13.5. The molecule has 0 saturated heterocycles. The van der Waals surface area contributed by atoms with Gasteiger partial charge in [-0.05, 0) is 54.4 Å². The third kappa shape index (κ3) is 3.95. The number of amidine groups is 1. The van der Waals surface area contributed by atoms with Gasteiger partial charge in [0.1, 0.15) is 5.82 Å². The largest absolute Gasteiger partial charge is 0.409 e. The quantitative estimate of drug-likeness (QED) is 0.341. The number of nitrogens with zero attached hydrogens (tertiary/aromatic N) is 1. The van der Waals surface area contributed by atoms with Gasteiger partial charge in [-0.15, -0.1) is 0 Å². The van der Waals surface area contributed by atoms with Gasteiger partial charge in [-0.25, -0.2) is 4.39 Å². The van der Waals surface area contributed by atoms with Crippen molar-refractivity contribution in [1.29, 1.82) is 0 Å². The van der Waals surface area contributed by atoms with E-state index in [9.17, 15) is 4.39 Å². The second-order valence-corrected chi connectivity index (χ2v) is 5.51. The molecule has 0 aromatic heterocycles. The number of benzene rings is 2. The molecule has 6 heteroatoms. The highest BCUT2D eigenvalue weighted by molar-refractivity contribution is 9.10. The molecule has 21 heavy (non-hydrogen) atoms. The topological polar surface area (TPSA) is 70.6 Å². The molecule has 110 valence electrons. The number of nitrogens with two attached hydrogens (primary N) is 1. The number of aryl methyl sites for hydroxylation is 1. The Morgan fingerprint density at radius 2 is 2.10 bits per heavy atom. The van der Waals surface area contributed by atoms with Crippen molar-refractivity contribution in [3.05, 3.63) is 63.4 Å². The van der Waals surface area contributed by atoms with Crippen LogP contribution in [0.4, 0.5) is 10.1 Å². The Kier molecular flexibility index (Phi) is 4.80. The van der Waals surface area contributed by atoms with Crippen LogP contribution in [-0.4, -0.2) is 11.0 Å². The Hall–Kier alpha value is -2.08. The standard InChI is InChI=1S/C15H15BrFN3O/c1-9-4-13(2-3-14(9)16)19-8-10-5-11(15(18)20-21)7-12(17)6-10/h2-7,19,21H,8H2,1H3,(H2,18,20). The predicted molar refractivity (Wildman–Crippen MR) is 85.1 cm³/mol. The van der Waals surface area contributed by atoms with E-state index in [1.54, 1.807) is 6.07 Å². The summed E-state index contributed by atoms with van der Waals surface area (Å²) in [5, 5.41) is 14.7. The SMILES string of the molecule is Cc1cc(NCc2cc(F)cc(/C(N)=N/O)c2)ccc1Br. The van der Waals surface area contributed by atoms with Gasteiger partial charge in [0.05, 0.1) is 0 Å². The molecule has 4 nitrogen and oxygen atoms in total. The maximum atomic E-state index is 13.5. The summed E-state index contributed by atoms with van der Waals surface area (Å²) >= 11 is 3.44. The predicted octanol–water partition coefficient (Wildman–Crippen LogP) is 3.60. The lowest BCUT2D eigenvalue weighted by atomic mass is 10.1. The Morgan fingerprint density at radius 1 is 1.33 bits per heavy atom. The van der Waals surface area contributed by atoms with Gasteiger partial charge in [0, 0.05) is 22.3 Å². The molecule has 0 amide bonds. The Labute approximate surface area is 130 Å².